The molecular formula is C9H7BrClFO. The van der Waals surface area contributed by atoms with Crippen molar-refractivity contribution in [2.24, 2.45) is 0 Å². The van der Waals surface area contributed by atoms with E-state index in [9.17, 15) is 9.18 Å². The van der Waals surface area contributed by atoms with E-state index in [1.165, 1.54) is 0 Å². The van der Waals surface area contributed by atoms with E-state index in [-0.39, 0.29) is 12.2 Å². The minimum Gasteiger partial charge on any atom is -0.303 e. The Kier molecular flexibility index (Phi) is 3.88. The van der Waals surface area contributed by atoms with Crippen molar-refractivity contribution < 1.29 is 9.18 Å². The van der Waals surface area contributed by atoms with Crippen molar-refractivity contribution in [2.45, 2.75) is 12.8 Å². The standard InChI is InChI=1S/C9H7BrClFO/c10-7-3-4-8(11)6(9(7)12)2-1-5-13/h3-5H,1-2H2. The molecule has 0 fully saturated rings. The lowest BCUT2D eigenvalue weighted by Gasteiger charge is -2.04. The SMILES string of the molecule is O=CCCc1c(Cl)ccc(Br)c1F. The molecule has 13 heavy (non-hydrogen) atoms. The number of carbonyl (C=O) groups excluding carboxylic acids is 1. The minimum atomic E-state index is -0.380. The van der Waals surface area contributed by atoms with Crippen LogP contribution in [0.2, 0.25) is 5.02 Å². The highest BCUT2D eigenvalue weighted by molar-refractivity contribution is 9.10. The van der Waals surface area contributed by atoms with Gasteiger partial charge in [0.05, 0.1) is 4.47 Å². The monoisotopic (exact) mass is 264 g/mol. The van der Waals surface area contributed by atoms with E-state index >= 15 is 0 Å². The molecule has 1 nitrogen and oxygen atoms in total. The third kappa shape index (κ3) is 2.51. The Bertz CT molecular complexity index is 328. The van der Waals surface area contributed by atoms with Gasteiger partial charge in [0, 0.05) is 17.0 Å². The normalized spacial score (nSPS) is 10.1. The molecule has 0 N–H and O–H groups in total. The van der Waals surface area contributed by atoms with Gasteiger partial charge < -0.3 is 4.79 Å². The lowest BCUT2D eigenvalue weighted by atomic mass is 10.1. The van der Waals surface area contributed by atoms with Crippen molar-refractivity contribution in [3.63, 3.8) is 0 Å². The van der Waals surface area contributed by atoms with Crippen molar-refractivity contribution in [1.82, 2.24) is 0 Å². The first-order chi connectivity index (χ1) is 6.16. The van der Waals surface area contributed by atoms with Crippen LogP contribution in [0.5, 0.6) is 0 Å². The Morgan fingerprint density at radius 2 is 2.23 bits per heavy atom. The number of hydrogen-bond acceptors (Lipinski definition) is 1. The summed E-state index contributed by atoms with van der Waals surface area (Å²) < 4.78 is 13.7. The summed E-state index contributed by atoms with van der Waals surface area (Å²) in [5.74, 6) is -0.380. The molecule has 0 aromatic heterocycles. The van der Waals surface area contributed by atoms with E-state index in [0.29, 0.717) is 21.5 Å². The van der Waals surface area contributed by atoms with E-state index in [1.807, 2.05) is 0 Å². The highest BCUT2D eigenvalue weighted by atomic mass is 79.9. The van der Waals surface area contributed by atoms with E-state index in [2.05, 4.69) is 15.9 Å². The summed E-state index contributed by atoms with van der Waals surface area (Å²) in [6.07, 6.45) is 1.37. The predicted octanol–water partition coefficient (Wildman–Crippen LogP) is 3.37. The molecule has 0 amide bonds. The lowest BCUT2D eigenvalue weighted by molar-refractivity contribution is -0.107. The van der Waals surface area contributed by atoms with Crippen LogP contribution in [-0.4, -0.2) is 6.29 Å². The smallest absolute Gasteiger partial charge is 0.142 e. The molecule has 0 radical (unpaired) electrons. The Morgan fingerprint density at radius 1 is 1.54 bits per heavy atom. The number of halogens is 3. The zero-order valence-corrected chi connectivity index (χ0v) is 9.03. The summed E-state index contributed by atoms with van der Waals surface area (Å²) in [6, 6.07) is 3.15. The van der Waals surface area contributed by atoms with Crippen LogP contribution in [0, 0.1) is 5.82 Å². The van der Waals surface area contributed by atoms with Gasteiger partial charge in [-0.1, -0.05) is 11.6 Å². The maximum Gasteiger partial charge on any atom is 0.142 e. The van der Waals surface area contributed by atoms with Crippen molar-refractivity contribution in [2.75, 3.05) is 0 Å². The van der Waals surface area contributed by atoms with Gasteiger partial charge in [-0.3, -0.25) is 0 Å². The molecule has 0 aliphatic rings. The van der Waals surface area contributed by atoms with Crippen LogP contribution < -0.4 is 0 Å². The van der Waals surface area contributed by atoms with Crippen LogP contribution in [0.1, 0.15) is 12.0 Å². The van der Waals surface area contributed by atoms with Gasteiger partial charge in [0.15, 0.2) is 0 Å². The fraction of sp³-hybridized carbons (Fsp3) is 0.222. The highest BCUT2D eigenvalue weighted by Crippen LogP contribution is 2.26. The highest BCUT2D eigenvalue weighted by Gasteiger charge is 2.09. The lowest BCUT2D eigenvalue weighted by Crippen LogP contribution is -1.94. The number of benzene rings is 1. The zero-order chi connectivity index (χ0) is 9.84. The molecule has 0 saturated heterocycles. The Hall–Kier alpha value is -0.410. The topological polar surface area (TPSA) is 17.1 Å². The largest absolute Gasteiger partial charge is 0.303 e. The molecular weight excluding hydrogens is 258 g/mol. The Morgan fingerprint density at radius 3 is 2.85 bits per heavy atom. The third-order valence-corrected chi connectivity index (χ3v) is 2.62. The summed E-state index contributed by atoms with van der Waals surface area (Å²) >= 11 is 8.81. The molecule has 0 heterocycles. The quantitative estimate of drug-likeness (QED) is 0.605. The first-order valence-electron chi connectivity index (χ1n) is 3.73. The maximum atomic E-state index is 13.3. The fourth-order valence-corrected chi connectivity index (χ4v) is 1.61. The van der Waals surface area contributed by atoms with Crippen molar-refractivity contribution >= 4 is 33.8 Å². The first-order valence-corrected chi connectivity index (χ1v) is 4.90. The molecule has 0 bridgehead atoms. The molecule has 70 valence electrons. The van der Waals surface area contributed by atoms with Gasteiger partial charge in [-0.2, -0.15) is 0 Å². The van der Waals surface area contributed by atoms with Gasteiger partial charge >= 0.3 is 0 Å². The average molecular weight is 266 g/mol. The first kappa shape index (κ1) is 10.7. The zero-order valence-electron chi connectivity index (χ0n) is 6.69. The molecule has 1 aromatic carbocycles. The van der Waals surface area contributed by atoms with Crippen molar-refractivity contribution in [3.05, 3.63) is 33.0 Å². The van der Waals surface area contributed by atoms with E-state index < -0.39 is 0 Å². The second-order valence-electron chi connectivity index (χ2n) is 2.53. The number of carbonyl (C=O) groups is 1. The van der Waals surface area contributed by atoms with Crippen LogP contribution in [0.15, 0.2) is 16.6 Å². The Balaban J connectivity index is 3.02. The van der Waals surface area contributed by atoms with Gasteiger partial charge in [0.25, 0.3) is 0 Å². The molecule has 0 spiro atoms. The molecule has 0 aliphatic carbocycles. The number of rotatable bonds is 3. The van der Waals surface area contributed by atoms with Crippen molar-refractivity contribution in [3.8, 4) is 0 Å². The summed E-state index contributed by atoms with van der Waals surface area (Å²) in [7, 11) is 0. The molecule has 0 saturated carbocycles. The van der Waals surface area contributed by atoms with Gasteiger partial charge in [0.1, 0.15) is 12.1 Å². The van der Waals surface area contributed by atoms with Crippen LogP contribution >= 0.6 is 27.5 Å². The summed E-state index contributed by atoms with van der Waals surface area (Å²) in [4.78, 5) is 10.1. The molecule has 1 aromatic rings. The fourth-order valence-electron chi connectivity index (χ4n) is 1.00. The third-order valence-electron chi connectivity index (χ3n) is 1.65. The van der Waals surface area contributed by atoms with Crippen LogP contribution in [0.3, 0.4) is 0 Å². The Labute approximate surface area is 89.0 Å². The van der Waals surface area contributed by atoms with Gasteiger partial charge in [-0.15, -0.1) is 0 Å². The van der Waals surface area contributed by atoms with Gasteiger partial charge in [-0.05, 0) is 34.5 Å². The van der Waals surface area contributed by atoms with Crippen LogP contribution in [0.4, 0.5) is 4.39 Å². The van der Waals surface area contributed by atoms with Gasteiger partial charge in [-0.25, -0.2) is 4.39 Å². The van der Waals surface area contributed by atoms with Crippen LogP contribution in [0.25, 0.3) is 0 Å². The summed E-state index contributed by atoms with van der Waals surface area (Å²) in [6.45, 7) is 0. The van der Waals surface area contributed by atoms with Crippen LogP contribution in [-0.2, 0) is 11.2 Å². The second-order valence-corrected chi connectivity index (χ2v) is 3.79. The van der Waals surface area contributed by atoms with Gasteiger partial charge in [0.2, 0.25) is 0 Å². The van der Waals surface area contributed by atoms with Crippen molar-refractivity contribution in [1.29, 1.82) is 0 Å². The molecule has 1 rings (SSSR count). The summed E-state index contributed by atoms with van der Waals surface area (Å²) in [5, 5.41) is 0.363. The summed E-state index contributed by atoms with van der Waals surface area (Å²) in [5.41, 5.74) is 0.392. The van der Waals surface area contributed by atoms with E-state index in [0.717, 1.165) is 6.29 Å². The van der Waals surface area contributed by atoms with E-state index in [1.54, 1.807) is 12.1 Å². The maximum absolute atomic E-state index is 13.3. The second kappa shape index (κ2) is 4.72. The molecule has 0 atom stereocenters. The predicted molar refractivity (Wildman–Crippen MR) is 53.5 cm³/mol. The molecule has 4 heteroatoms. The molecule has 0 aliphatic heterocycles. The molecule has 0 unspecified atom stereocenters. The van der Waals surface area contributed by atoms with E-state index in [4.69, 9.17) is 11.6 Å². The number of hydrogen-bond donors (Lipinski definition) is 0. The minimum absolute atomic E-state index is 0.285. The average Bonchev–Trinajstić information content (AvgIpc) is 2.12. The number of aldehydes is 1.